The maximum absolute atomic E-state index is 5.77. The lowest BCUT2D eigenvalue weighted by Crippen LogP contribution is -2.03. The van der Waals surface area contributed by atoms with Crippen molar-refractivity contribution in [2.24, 2.45) is 5.73 Å². The Labute approximate surface area is 121 Å². The Morgan fingerprint density at radius 3 is 2.79 bits per heavy atom. The van der Waals surface area contributed by atoms with Gasteiger partial charge in [-0.15, -0.1) is 0 Å². The summed E-state index contributed by atoms with van der Waals surface area (Å²) in [5, 5.41) is 0. The van der Waals surface area contributed by atoms with Crippen LogP contribution in [0.3, 0.4) is 0 Å². The highest BCUT2D eigenvalue weighted by Crippen LogP contribution is 2.26. The van der Waals surface area contributed by atoms with Crippen LogP contribution in [0.25, 0.3) is 0 Å². The summed E-state index contributed by atoms with van der Waals surface area (Å²) in [6.45, 7) is 3.09. The number of aryl methyl sites for hydroxylation is 1. The molecule has 2 N–H and O–H groups in total. The third-order valence-corrected chi connectivity index (χ3v) is 3.37. The van der Waals surface area contributed by atoms with Crippen molar-refractivity contribution >= 4 is 15.9 Å². The molecule has 4 heteroatoms. The first kappa shape index (κ1) is 14.0. The fraction of sp³-hybridized carbons (Fsp3) is 0.267. The van der Waals surface area contributed by atoms with Gasteiger partial charge in [-0.1, -0.05) is 12.1 Å². The Morgan fingerprint density at radius 1 is 1.26 bits per heavy atom. The summed E-state index contributed by atoms with van der Waals surface area (Å²) in [5.41, 5.74) is 8.67. The topological polar surface area (TPSA) is 48.1 Å². The van der Waals surface area contributed by atoms with Crippen LogP contribution >= 0.6 is 15.9 Å². The molecule has 0 spiro atoms. The van der Waals surface area contributed by atoms with Gasteiger partial charge in [0, 0.05) is 5.69 Å². The Bertz CT molecular complexity index is 558. The summed E-state index contributed by atoms with van der Waals surface area (Å²) >= 11 is 3.52. The van der Waals surface area contributed by atoms with E-state index in [0.717, 1.165) is 28.0 Å². The molecule has 0 aliphatic rings. The maximum atomic E-state index is 5.77. The van der Waals surface area contributed by atoms with Gasteiger partial charge in [-0.3, -0.25) is 4.98 Å². The first-order valence-electron chi connectivity index (χ1n) is 6.23. The minimum absolute atomic E-state index is 0.469. The number of aromatic nitrogens is 1. The molecule has 0 radical (unpaired) electrons. The van der Waals surface area contributed by atoms with Crippen molar-refractivity contribution in [3.63, 3.8) is 0 Å². The fourth-order valence-corrected chi connectivity index (χ4v) is 2.36. The summed E-state index contributed by atoms with van der Waals surface area (Å²) in [5.74, 6) is 0.823. The zero-order valence-corrected chi connectivity index (χ0v) is 12.5. The van der Waals surface area contributed by atoms with E-state index < -0.39 is 0 Å². The average Bonchev–Trinajstić information content (AvgIpc) is 2.38. The molecular formula is C15H17BrN2O. The Hall–Kier alpha value is -1.39. The normalized spacial score (nSPS) is 10.5. The van der Waals surface area contributed by atoms with Crippen LogP contribution in [0.15, 0.2) is 40.9 Å². The van der Waals surface area contributed by atoms with Crippen LogP contribution in [0.2, 0.25) is 0 Å². The Kier molecular flexibility index (Phi) is 4.93. The van der Waals surface area contributed by atoms with Crippen LogP contribution in [0.4, 0.5) is 0 Å². The van der Waals surface area contributed by atoms with Crippen LogP contribution in [0.5, 0.6) is 5.75 Å². The average molecular weight is 321 g/mol. The van der Waals surface area contributed by atoms with E-state index in [1.54, 1.807) is 0 Å². The predicted molar refractivity (Wildman–Crippen MR) is 80.2 cm³/mol. The van der Waals surface area contributed by atoms with Crippen molar-refractivity contribution in [2.75, 3.05) is 6.54 Å². The molecule has 1 aromatic carbocycles. The molecule has 100 valence electrons. The van der Waals surface area contributed by atoms with E-state index in [9.17, 15) is 0 Å². The molecule has 0 atom stereocenters. The smallest absolute Gasteiger partial charge is 0.134 e. The summed E-state index contributed by atoms with van der Waals surface area (Å²) in [4.78, 5) is 4.41. The third-order valence-electron chi connectivity index (χ3n) is 2.75. The molecule has 3 nitrogen and oxygen atoms in total. The molecule has 1 heterocycles. The maximum Gasteiger partial charge on any atom is 0.134 e. The van der Waals surface area contributed by atoms with Gasteiger partial charge in [-0.2, -0.15) is 0 Å². The number of nitrogens with zero attached hydrogens (tertiary/aromatic N) is 1. The summed E-state index contributed by atoms with van der Waals surface area (Å²) in [7, 11) is 0. The standard InChI is InChI=1S/C15H17BrN2O/c1-11-3-2-4-13(18-11)10-19-15-6-5-12(7-8-17)9-14(15)16/h2-6,9H,7-8,10,17H2,1H3. The van der Waals surface area contributed by atoms with E-state index in [1.165, 1.54) is 5.56 Å². The van der Waals surface area contributed by atoms with E-state index in [4.69, 9.17) is 10.5 Å². The second-order valence-electron chi connectivity index (χ2n) is 4.36. The Balaban J connectivity index is 2.03. The molecule has 0 unspecified atom stereocenters. The number of pyridine rings is 1. The zero-order chi connectivity index (χ0) is 13.7. The molecule has 19 heavy (non-hydrogen) atoms. The van der Waals surface area contributed by atoms with Crippen LogP contribution < -0.4 is 10.5 Å². The first-order chi connectivity index (χ1) is 9.19. The second kappa shape index (κ2) is 6.68. The highest BCUT2D eigenvalue weighted by Gasteiger charge is 2.04. The number of hydrogen-bond acceptors (Lipinski definition) is 3. The molecule has 0 amide bonds. The zero-order valence-electron chi connectivity index (χ0n) is 10.9. The minimum atomic E-state index is 0.469. The van der Waals surface area contributed by atoms with Crippen LogP contribution in [-0.4, -0.2) is 11.5 Å². The van der Waals surface area contributed by atoms with E-state index in [0.29, 0.717) is 13.2 Å². The first-order valence-corrected chi connectivity index (χ1v) is 7.02. The van der Waals surface area contributed by atoms with Gasteiger partial charge < -0.3 is 10.5 Å². The SMILES string of the molecule is Cc1cccc(COc2ccc(CCN)cc2Br)n1. The van der Waals surface area contributed by atoms with Gasteiger partial charge in [0.1, 0.15) is 12.4 Å². The van der Waals surface area contributed by atoms with Gasteiger partial charge in [0.25, 0.3) is 0 Å². The van der Waals surface area contributed by atoms with Crippen LogP contribution in [0, 0.1) is 6.92 Å². The van der Waals surface area contributed by atoms with Gasteiger partial charge in [0.15, 0.2) is 0 Å². The number of nitrogens with two attached hydrogens (primary N) is 1. The van der Waals surface area contributed by atoms with Gasteiger partial charge in [0.2, 0.25) is 0 Å². The van der Waals surface area contributed by atoms with Crippen molar-refractivity contribution in [1.29, 1.82) is 0 Å². The molecule has 0 aliphatic carbocycles. The fourth-order valence-electron chi connectivity index (χ4n) is 1.82. The number of halogens is 1. The van der Waals surface area contributed by atoms with E-state index in [1.807, 2.05) is 43.3 Å². The predicted octanol–water partition coefficient (Wildman–Crippen LogP) is 3.23. The lowest BCUT2D eigenvalue weighted by molar-refractivity contribution is 0.299. The highest BCUT2D eigenvalue weighted by atomic mass is 79.9. The molecule has 0 saturated heterocycles. The van der Waals surface area contributed by atoms with Gasteiger partial charge in [-0.05, 0) is 65.6 Å². The summed E-state index contributed by atoms with van der Waals surface area (Å²) < 4.78 is 6.72. The molecule has 0 aliphatic heterocycles. The van der Waals surface area contributed by atoms with Crippen molar-refractivity contribution in [3.8, 4) is 5.75 Å². The largest absolute Gasteiger partial charge is 0.486 e. The van der Waals surface area contributed by atoms with Crippen molar-refractivity contribution in [1.82, 2.24) is 4.98 Å². The van der Waals surface area contributed by atoms with E-state index in [2.05, 4.69) is 20.9 Å². The van der Waals surface area contributed by atoms with Gasteiger partial charge in [-0.25, -0.2) is 0 Å². The van der Waals surface area contributed by atoms with Crippen LogP contribution in [0.1, 0.15) is 17.0 Å². The second-order valence-corrected chi connectivity index (χ2v) is 5.22. The minimum Gasteiger partial charge on any atom is -0.486 e. The van der Waals surface area contributed by atoms with Gasteiger partial charge >= 0.3 is 0 Å². The highest BCUT2D eigenvalue weighted by molar-refractivity contribution is 9.10. The van der Waals surface area contributed by atoms with Gasteiger partial charge in [0.05, 0.1) is 10.2 Å². The lowest BCUT2D eigenvalue weighted by Gasteiger charge is -2.09. The number of benzene rings is 1. The summed E-state index contributed by atoms with van der Waals surface area (Å²) in [6, 6.07) is 12.0. The molecule has 2 aromatic rings. The van der Waals surface area contributed by atoms with E-state index >= 15 is 0 Å². The van der Waals surface area contributed by atoms with Crippen LogP contribution in [-0.2, 0) is 13.0 Å². The quantitative estimate of drug-likeness (QED) is 0.920. The number of rotatable bonds is 5. The molecule has 0 fully saturated rings. The monoisotopic (exact) mass is 320 g/mol. The van der Waals surface area contributed by atoms with Crippen molar-refractivity contribution in [3.05, 3.63) is 57.8 Å². The molecular weight excluding hydrogens is 304 g/mol. The van der Waals surface area contributed by atoms with Crippen molar-refractivity contribution < 1.29 is 4.74 Å². The van der Waals surface area contributed by atoms with Crippen molar-refractivity contribution in [2.45, 2.75) is 20.0 Å². The molecule has 0 saturated carbocycles. The Morgan fingerprint density at radius 2 is 2.11 bits per heavy atom. The summed E-state index contributed by atoms with van der Waals surface area (Å²) in [6.07, 6.45) is 0.873. The number of ether oxygens (including phenoxy) is 1. The lowest BCUT2D eigenvalue weighted by atomic mass is 10.1. The molecule has 2 rings (SSSR count). The molecule has 1 aromatic heterocycles. The molecule has 0 bridgehead atoms. The third kappa shape index (κ3) is 4.04. The van der Waals surface area contributed by atoms with E-state index in [-0.39, 0.29) is 0 Å². The number of hydrogen-bond donors (Lipinski definition) is 1.